The summed E-state index contributed by atoms with van der Waals surface area (Å²) in [7, 11) is 2.20. The Morgan fingerprint density at radius 1 is 0.925 bits per heavy atom. The standard InChI is InChI=1S/C32H43N5O3/c1-23-26-9-6-8-25(18-26)21-38-15-7-13-36(2)12-4-3-5-16-39-31-29-27(32(35-23)34-22-33-29)19-28-30(31)40-17-14-37(28)20-24-10-11-24/h6,8-9,18-19,22-24H,3-5,7,10-17,20-21H2,1-2H3,(H,33,34,35). The number of benzene rings is 2. The van der Waals surface area contributed by atoms with E-state index < -0.39 is 0 Å². The maximum Gasteiger partial charge on any atom is 0.189 e. The van der Waals surface area contributed by atoms with Crippen LogP contribution in [-0.4, -0.2) is 67.9 Å². The minimum Gasteiger partial charge on any atom is -0.487 e. The maximum atomic E-state index is 6.53. The monoisotopic (exact) mass is 545 g/mol. The Labute approximate surface area is 238 Å². The highest BCUT2D eigenvalue weighted by Crippen LogP contribution is 2.47. The van der Waals surface area contributed by atoms with Gasteiger partial charge >= 0.3 is 0 Å². The number of anilines is 2. The molecule has 1 saturated carbocycles. The quantitative estimate of drug-likeness (QED) is 0.432. The summed E-state index contributed by atoms with van der Waals surface area (Å²) in [5, 5.41) is 4.66. The van der Waals surface area contributed by atoms with Gasteiger partial charge in [0.15, 0.2) is 11.5 Å². The topological polar surface area (TPSA) is 72.0 Å². The van der Waals surface area contributed by atoms with Gasteiger partial charge in [0.25, 0.3) is 0 Å². The van der Waals surface area contributed by atoms with E-state index in [-0.39, 0.29) is 6.04 Å². The molecule has 0 amide bonds. The molecule has 2 aromatic carbocycles. The Morgan fingerprint density at radius 2 is 1.80 bits per heavy atom. The molecule has 1 unspecified atom stereocenters. The maximum absolute atomic E-state index is 6.53. The summed E-state index contributed by atoms with van der Waals surface area (Å²) in [6.07, 6.45) is 8.58. The summed E-state index contributed by atoms with van der Waals surface area (Å²) in [6.45, 7) is 8.99. The summed E-state index contributed by atoms with van der Waals surface area (Å²) < 4.78 is 18.8. The Bertz CT molecular complexity index is 1300. The van der Waals surface area contributed by atoms with Crippen LogP contribution < -0.4 is 19.7 Å². The normalized spacial score (nSPS) is 21.6. The van der Waals surface area contributed by atoms with E-state index in [1.807, 2.05) is 0 Å². The summed E-state index contributed by atoms with van der Waals surface area (Å²) in [4.78, 5) is 14.3. The molecule has 1 N–H and O–H groups in total. The fraction of sp³-hybridized carbons (Fsp3) is 0.562. The SMILES string of the molecule is CC1Nc2ncnc3c(c4c(cc23)N(CC2CC2)CCO4)OCCCCCN(C)CCCOCc2cccc1c2. The van der Waals surface area contributed by atoms with Crippen LogP contribution in [-0.2, 0) is 11.3 Å². The Hall–Kier alpha value is -3.10. The van der Waals surface area contributed by atoms with Crippen molar-refractivity contribution in [3.8, 4) is 11.5 Å². The number of fused-ring (bicyclic) bond motifs is 4. The lowest BCUT2D eigenvalue weighted by atomic mass is 10.0. The van der Waals surface area contributed by atoms with Gasteiger partial charge in [0.1, 0.15) is 24.3 Å². The van der Waals surface area contributed by atoms with Crippen molar-refractivity contribution in [3.05, 3.63) is 47.8 Å². The lowest BCUT2D eigenvalue weighted by Crippen LogP contribution is -2.34. The first-order valence-corrected chi connectivity index (χ1v) is 15.1. The third-order valence-corrected chi connectivity index (χ3v) is 8.27. The molecule has 214 valence electrons. The van der Waals surface area contributed by atoms with E-state index in [1.54, 1.807) is 6.33 Å². The van der Waals surface area contributed by atoms with Gasteiger partial charge in [-0.3, -0.25) is 0 Å². The van der Waals surface area contributed by atoms with Gasteiger partial charge < -0.3 is 29.3 Å². The second kappa shape index (κ2) is 12.6. The molecule has 8 heteroatoms. The number of nitrogens with one attached hydrogen (secondary N) is 1. The number of rotatable bonds is 2. The molecule has 1 atom stereocenters. The molecule has 6 bridgehead atoms. The number of hydrogen-bond donors (Lipinski definition) is 1. The van der Waals surface area contributed by atoms with E-state index in [0.29, 0.717) is 19.8 Å². The van der Waals surface area contributed by atoms with Crippen molar-refractivity contribution < 1.29 is 14.2 Å². The number of aromatic nitrogens is 2. The third kappa shape index (κ3) is 6.44. The van der Waals surface area contributed by atoms with Crippen LogP contribution in [0.1, 0.15) is 62.6 Å². The highest BCUT2D eigenvalue weighted by molar-refractivity contribution is 5.99. The lowest BCUT2D eigenvalue weighted by molar-refractivity contribution is 0.111. The van der Waals surface area contributed by atoms with Crippen molar-refractivity contribution in [2.24, 2.45) is 5.92 Å². The van der Waals surface area contributed by atoms with Crippen molar-refractivity contribution in [2.45, 2.75) is 58.1 Å². The van der Waals surface area contributed by atoms with Crippen molar-refractivity contribution in [3.63, 3.8) is 0 Å². The first-order valence-electron chi connectivity index (χ1n) is 15.1. The zero-order chi connectivity index (χ0) is 27.3. The molecule has 0 spiro atoms. The molecule has 3 heterocycles. The largest absolute Gasteiger partial charge is 0.487 e. The highest BCUT2D eigenvalue weighted by Gasteiger charge is 2.31. The zero-order valence-corrected chi connectivity index (χ0v) is 24.0. The van der Waals surface area contributed by atoms with Gasteiger partial charge in [-0.1, -0.05) is 24.3 Å². The molecule has 0 saturated heterocycles. The smallest absolute Gasteiger partial charge is 0.189 e. The molecule has 40 heavy (non-hydrogen) atoms. The predicted molar refractivity (Wildman–Crippen MR) is 160 cm³/mol. The van der Waals surface area contributed by atoms with E-state index in [4.69, 9.17) is 24.2 Å². The van der Waals surface area contributed by atoms with Crippen LogP contribution >= 0.6 is 0 Å². The van der Waals surface area contributed by atoms with E-state index in [0.717, 1.165) is 98.3 Å². The molecular weight excluding hydrogens is 502 g/mol. The van der Waals surface area contributed by atoms with Crippen LogP contribution in [0.3, 0.4) is 0 Å². The first kappa shape index (κ1) is 27.1. The van der Waals surface area contributed by atoms with E-state index in [9.17, 15) is 0 Å². The molecule has 1 aromatic heterocycles. The minimum atomic E-state index is 0.0556. The van der Waals surface area contributed by atoms with Crippen LogP contribution in [0.5, 0.6) is 11.5 Å². The first-order chi connectivity index (χ1) is 19.7. The van der Waals surface area contributed by atoms with Crippen LogP contribution in [0, 0.1) is 5.92 Å². The fourth-order valence-corrected chi connectivity index (χ4v) is 5.76. The van der Waals surface area contributed by atoms with Crippen molar-refractivity contribution in [1.82, 2.24) is 14.9 Å². The second-order valence-electron chi connectivity index (χ2n) is 11.6. The van der Waals surface area contributed by atoms with Gasteiger partial charge in [-0.15, -0.1) is 0 Å². The van der Waals surface area contributed by atoms with Crippen molar-refractivity contribution >= 4 is 22.4 Å². The molecule has 2 aliphatic heterocycles. The van der Waals surface area contributed by atoms with Gasteiger partial charge in [-0.2, -0.15) is 0 Å². The average molecular weight is 546 g/mol. The molecular formula is C32H43N5O3. The van der Waals surface area contributed by atoms with Gasteiger partial charge in [-0.05, 0) is 82.2 Å². The third-order valence-electron chi connectivity index (χ3n) is 8.27. The highest BCUT2D eigenvalue weighted by atomic mass is 16.5. The lowest BCUT2D eigenvalue weighted by Gasteiger charge is -2.33. The van der Waals surface area contributed by atoms with Gasteiger partial charge in [0.05, 0.1) is 25.4 Å². The molecule has 1 aliphatic carbocycles. The Morgan fingerprint density at radius 3 is 2.70 bits per heavy atom. The van der Waals surface area contributed by atoms with Crippen molar-refractivity contribution in [1.29, 1.82) is 0 Å². The van der Waals surface area contributed by atoms with E-state index >= 15 is 0 Å². The van der Waals surface area contributed by atoms with E-state index in [2.05, 4.69) is 59.4 Å². The second-order valence-corrected chi connectivity index (χ2v) is 11.6. The van der Waals surface area contributed by atoms with E-state index in [1.165, 1.54) is 24.0 Å². The van der Waals surface area contributed by atoms with Crippen LogP contribution in [0.4, 0.5) is 11.5 Å². The zero-order valence-electron chi connectivity index (χ0n) is 24.0. The summed E-state index contributed by atoms with van der Waals surface area (Å²) in [5.74, 6) is 3.19. The molecule has 6 rings (SSSR count). The number of hydrogen-bond acceptors (Lipinski definition) is 8. The fourth-order valence-electron chi connectivity index (χ4n) is 5.76. The molecule has 8 nitrogen and oxygen atoms in total. The Balaban J connectivity index is 1.35. The number of nitrogens with zero attached hydrogens (tertiary/aromatic N) is 4. The van der Waals surface area contributed by atoms with Crippen LogP contribution in [0.25, 0.3) is 10.9 Å². The Kier molecular flexibility index (Phi) is 8.54. The molecule has 1 fully saturated rings. The average Bonchev–Trinajstić information content (AvgIpc) is 3.78. The number of ether oxygens (including phenoxy) is 3. The minimum absolute atomic E-state index is 0.0556. The molecule has 3 aromatic rings. The van der Waals surface area contributed by atoms with Gasteiger partial charge in [-0.25, -0.2) is 9.97 Å². The molecule has 3 aliphatic rings. The van der Waals surface area contributed by atoms with Crippen molar-refractivity contribution in [2.75, 3.05) is 63.3 Å². The van der Waals surface area contributed by atoms with Gasteiger partial charge in [0, 0.05) is 31.1 Å². The summed E-state index contributed by atoms with van der Waals surface area (Å²) in [6, 6.07) is 10.9. The van der Waals surface area contributed by atoms with Crippen LogP contribution in [0.15, 0.2) is 36.7 Å². The molecule has 0 radical (unpaired) electrons. The van der Waals surface area contributed by atoms with Crippen LogP contribution in [0.2, 0.25) is 0 Å². The summed E-state index contributed by atoms with van der Waals surface area (Å²) in [5.41, 5.74) is 4.30. The predicted octanol–water partition coefficient (Wildman–Crippen LogP) is 5.81. The van der Waals surface area contributed by atoms with Gasteiger partial charge in [0.2, 0.25) is 0 Å². The summed E-state index contributed by atoms with van der Waals surface area (Å²) >= 11 is 0.